The molecule has 2 aromatic rings. The van der Waals surface area contributed by atoms with E-state index in [-0.39, 0.29) is 18.7 Å². The molecule has 6 nitrogen and oxygen atoms in total. The van der Waals surface area contributed by atoms with Crippen molar-refractivity contribution in [3.63, 3.8) is 0 Å². The molecule has 0 saturated carbocycles. The predicted molar refractivity (Wildman–Crippen MR) is 89.4 cm³/mol. The van der Waals surface area contributed by atoms with E-state index in [4.69, 9.17) is 4.74 Å². The summed E-state index contributed by atoms with van der Waals surface area (Å²) >= 11 is 1.39. The maximum atomic E-state index is 12.4. The summed E-state index contributed by atoms with van der Waals surface area (Å²) in [6.07, 6.45) is 2.12. The van der Waals surface area contributed by atoms with Crippen LogP contribution < -0.4 is 4.74 Å². The van der Waals surface area contributed by atoms with E-state index in [0.717, 1.165) is 0 Å². The standard InChI is InChI=1S/C17H18N2O4S/c1-12-13(4-2-8-18-12)23-17(16(21)22)6-9-19(10-7-17)15(20)14-5-3-11-24-14/h2-5,8,11H,6-7,9-10H2,1H3,(H,21,22). The number of rotatable bonds is 4. The average Bonchev–Trinajstić information content (AvgIpc) is 3.11. The van der Waals surface area contributed by atoms with Gasteiger partial charge in [0.15, 0.2) is 0 Å². The van der Waals surface area contributed by atoms with E-state index in [1.165, 1.54) is 11.3 Å². The van der Waals surface area contributed by atoms with Gasteiger partial charge in [0, 0.05) is 32.1 Å². The number of aromatic nitrogens is 1. The zero-order valence-corrected chi connectivity index (χ0v) is 14.1. The van der Waals surface area contributed by atoms with Crippen LogP contribution in [0.4, 0.5) is 0 Å². The molecule has 0 aromatic carbocycles. The Bertz CT molecular complexity index is 737. The van der Waals surface area contributed by atoms with Crippen LogP contribution in [0.1, 0.15) is 28.2 Å². The summed E-state index contributed by atoms with van der Waals surface area (Å²) in [4.78, 5) is 30.7. The number of nitrogens with zero attached hydrogens (tertiary/aromatic N) is 2. The van der Waals surface area contributed by atoms with Crippen LogP contribution >= 0.6 is 11.3 Å². The van der Waals surface area contributed by atoms with Crippen LogP contribution in [-0.2, 0) is 4.79 Å². The highest BCUT2D eigenvalue weighted by molar-refractivity contribution is 7.12. The first-order chi connectivity index (χ1) is 11.5. The van der Waals surface area contributed by atoms with Gasteiger partial charge in [0.05, 0.1) is 10.6 Å². The van der Waals surface area contributed by atoms with Crippen molar-refractivity contribution in [2.45, 2.75) is 25.4 Å². The van der Waals surface area contributed by atoms with Crippen molar-refractivity contribution in [1.29, 1.82) is 0 Å². The van der Waals surface area contributed by atoms with E-state index in [9.17, 15) is 14.7 Å². The van der Waals surface area contributed by atoms with Gasteiger partial charge in [0.2, 0.25) is 5.60 Å². The minimum absolute atomic E-state index is 0.0541. The Balaban J connectivity index is 1.74. The van der Waals surface area contributed by atoms with Crippen LogP contribution in [0.2, 0.25) is 0 Å². The van der Waals surface area contributed by atoms with Gasteiger partial charge in [-0.05, 0) is 30.5 Å². The Hall–Kier alpha value is -2.41. The fourth-order valence-corrected chi connectivity index (χ4v) is 3.47. The number of carbonyl (C=O) groups excluding carboxylic acids is 1. The van der Waals surface area contributed by atoms with Gasteiger partial charge < -0.3 is 14.7 Å². The van der Waals surface area contributed by atoms with Crippen molar-refractivity contribution in [3.05, 3.63) is 46.4 Å². The molecule has 0 bridgehead atoms. The first kappa shape index (κ1) is 16.4. The number of hydrogen-bond acceptors (Lipinski definition) is 5. The maximum Gasteiger partial charge on any atom is 0.348 e. The van der Waals surface area contributed by atoms with Crippen molar-refractivity contribution in [2.75, 3.05) is 13.1 Å². The summed E-state index contributed by atoms with van der Waals surface area (Å²) in [5.74, 6) is -0.589. The first-order valence-corrected chi connectivity index (χ1v) is 8.57. The van der Waals surface area contributed by atoms with Gasteiger partial charge in [-0.1, -0.05) is 6.07 Å². The molecule has 1 saturated heterocycles. The van der Waals surface area contributed by atoms with Gasteiger partial charge in [0.1, 0.15) is 5.75 Å². The Labute approximate surface area is 143 Å². The SMILES string of the molecule is Cc1ncccc1OC1(C(=O)O)CCN(C(=O)c2cccs2)CC1. The van der Waals surface area contributed by atoms with Crippen LogP contribution in [0.3, 0.4) is 0 Å². The lowest BCUT2D eigenvalue weighted by atomic mass is 9.91. The summed E-state index contributed by atoms with van der Waals surface area (Å²) in [5, 5.41) is 11.6. The lowest BCUT2D eigenvalue weighted by Crippen LogP contribution is -2.54. The maximum absolute atomic E-state index is 12.4. The highest BCUT2D eigenvalue weighted by Crippen LogP contribution is 2.31. The molecule has 0 unspecified atom stereocenters. The molecule has 3 rings (SSSR count). The van der Waals surface area contributed by atoms with Crippen LogP contribution in [-0.4, -0.2) is 45.6 Å². The number of amides is 1. The second-order valence-electron chi connectivity index (χ2n) is 5.76. The molecule has 24 heavy (non-hydrogen) atoms. The Morgan fingerprint density at radius 3 is 2.62 bits per heavy atom. The van der Waals surface area contributed by atoms with Gasteiger partial charge in [-0.3, -0.25) is 9.78 Å². The molecule has 0 radical (unpaired) electrons. The first-order valence-electron chi connectivity index (χ1n) is 7.69. The van der Waals surface area contributed by atoms with Gasteiger partial charge in [-0.15, -0.1) is 11.3 Å². The second-order valence-corrected chi connectivity index (χ2v) is 6.71. The molecule has 0 spiro atoms. The average molecular weight is 346 g/mol. The highest BCUT2D eigenvalue weighted by atomic mass is 32.1. The minimum Gasteiger partial charge on any atom is -0.478 e. The molecule has 0 aliphatic carbocycles. The number of carboxylic acids is 1. The Morgan fingerprint density at radius 2 is 2.04 bits per heavy atom. The third-order valence-corrected chi connectivity index (χ3v) is 5.10. The van der Waals surface area contributed by atoms with Crippen molar-refractivity contribution >= 4 is 23.2 Å². The number of carboxylic acid groups (broad SMARTS) is 1. The molecule has 1 aliphatic heterocycles. The largest absolute Gasteiger partial charge is 0.478 e. The highest BCUT2D eigenvalue weighted by Gasteiger charge is 2.45. The molecular weight excluding hydrogens is 328 g/mol. The van der Waals surface area contributed by atoms with Crippen molar-refractivity contribution < 1.29 is 19.4 Å². The van der Waals surface area contributed by atoms with Crippen LogP contribution in [0, 0.1) is 6.92 Å². The van der Waals surface area contributed by atoms with Crippen molar-refractivity contribution in [2.24, 2.45) is 0 Å². The van der Waals surface area contributed by atoms with E-state index in [1.54, 1.807) is 36.2 Å². The normalized spacial score (nSPS) is 16.6. The van der Waals surface area contributed by atoms with Crippen molar-refractivity contribution in [3.8, 4) is 5.75 Å². The number of ether oxygens (including phenoxy) is 1. The van der Waals surface area contributed by atoms with E-state index in [1.807, 2.05) is 11.4 Å². The van der Waals surface area contributed by atoms with Crippen LogP contribution in [0.5, 0.6) is 5.75 Å². The molecule has 126 valence electrons. The summed E-state index contributed by atoms with van der Waals surface area (Å²) < 4.78 is 5.86. The number of pyridine rings is 1. The van der Waals surface area contributed by atoms with Crippen LogP contribution in [0.15, 0.2) is 35.8 Å². The smallest absolute Gasteiger partial charge is 0.348 e. The fourth-order valence-electron chi connectivity index (χ4n) is 2.77. The lowest BCUT2D eigenvalue weighted by Gasteiger charge is -2.38. The molecular formula is C17H18N2O4S. The zero-order chi connectivity index (χ0) is 17.2. The number of likely N-dealkylation sites (tertiary alicyclic amines) is 1. The quantitative estimate of drug-likeness (QED) is 0.920. The predicted octanol–water partition coefficient (Wildman–Crippen LogP) is 2.59. The lowest BCUT2D eigenvalue weighted by molar-refractivity contribution is -0.159. The molecule has 7 heteroatoms. The molecule has 1 N–H and O–H groups in total. The molecule has 1 aliphatic rings. The third kappa shape index (κ3) is 3.12. The third-order valence-electron chi connectivity index (χ3n) is 4.24. The monoisotopic (exact) mass is 346 g/mol. The van der Waals surface area contributed by atoms with Gasteiger partial charge in [0.25, 0.3) is 5.91 Å². The number of aliphatic carboxylic acids is 1. The molecule has 0 atom stereocenters. The van der Waals surface area contributed by atoms with Gasteiger partial charge in [-0.2, -0.15) is 0 Å². The Morgan fingerprint density at radius 1 is 1.29 bits per heavy atom. The number of carbonyl (C=O) groups is 2. The van der Waals surface area contributed by atoms with E-state index < -0.39 is 11.6 Å². The fraction of sp³-hybridized carbons (Fsp3) is 0.353. The van der Waals surface area contributed by atoms with Gasteiger partial charge in [-0.25, -0.2) is 4.79 Å². The summed E-state index contributed by atoms with van der Waals surface area (Å²) in [6.45, 7) is 2.48. The minimum atomic E-state index is -1.32. The topological polar surface area (TPSA) is 79.7 Å². The summed E-state index contributed by atoms with van der Waals surface area (Å²) in [5.41, 5.74) is -0.671. The van der Waals surface area contributed by atoms with E-state index in [2.05, 4.69) is 4.98 Å². The Kier molecular flexibility index (Phi) is 4.53. The summed E-state index contributed by atoms with van der Waals surface area (Å²) in [6, 6.07) is 7.04. The molecule has 2 aromatic heterocycles. The number of piperidine rings is 1. The van der Waals surface area contributed by atoms with E-state index >= 15 is 0 Å². The zero-order valence-electron chi connectivity index (χ0n) is 13.3. The number of thiophene rings is 1. The number of aryl methyl sites for hydroxylation is 1. The van der Waals surface area contributed by atoms with Gasteiger partial charge >= 0.3 is 5.97 Å². The molecule has 1 amide bonds. The molecule has 1 fully saturated rings. The van der Waals surface area contributed by atoms with Crippen molar-refractivity contribution in [1.82, 2.24) is 9.88 Å². The number of hydrogen-bond donors (Lipinski definition) is 1. The van der Waals surface area contributed by atoms with E-state index in [0.29, 0.717) is 29.4 Å². The summed E-state index contributed by atoms with van der Waals surface area (Å²) in [7, 11) is 0. The van der Waals surface area contributed by atoms with Crippen LogP contribution in [0.25, 0.3) is 0 Å². The molecule has 3 heterocycles. The second kappa shape index (κ2) is 6.60.